The van der Waals surface area contributed by atoms with Crippen LogP contribution in [0, 0.1) is 6.92 Å². The smallest absolute Gasteiger partial charge is 0.457 e. The van der Waals surface area contributed by atoms with E-state index in [-0.39, 0.29) is 5.75 Å². The molecule has 130 valence electrons. The maximum atomic E-state index is 14.3. The monoisotopic (exact) mass is 346 g/mol. The van der Waals surface area contributed by atoms with Gasteiger partial charge in [0.15, 0.2) is 5.60 Å². The molecule has 2 nitrogen and oxygen atoms in total. The molecule has 24 heavy (non-hydrogen) atoms. The summed E-state index contributed by atoms with van der Waals surface area (Å²) < 4.78 is 72.8. The van der Waals surface area contributed by atoms with E-state index in [0.717, 1.165) is 25.3 Å². The molecule has 0 aliphatic rings. The van der Waals surface area contributed by atoms with Crippen molar-refractivity contribution in [3.05, 3.63) is 65.2 Å². The molecule has 1 atom stereocenters. The third kappa shape index (κ3) is 2.73. The average molecular weight is 346 g/mol. The number of benzene rings is 2. The van der Waals surface area contributed by atoms with E-state index >= 15 is 0 Å². The summed E-state index contributed by atoms with van der Waals surface area (Å²) >= 11 is 0. The van der Waals surface area contributed by atoms with Crippen molar-refractivity contribution in [3.8, 4) is 5.75 Å². The first-order valence-electron chi connectivity index (χ1n) is 6.93. The van der Waals surface area contributed by atoms with Crippen molar-refractivity contribution in [1.82, 2.24) is 0 Å². The number of hydrogen-bond acceptors (Lipinski definition) is 2. The van der Waals surface area contributed by atoms with Gasteiger partial charge in [0.25, 0.3) is 0 Å². The first-order valence-corrected chi connectivity index (χ1v) is 6.93. The topological polar surface area (TPSA) is 29.5 Å². The van der Waals surface area contributed by atoms with E-state index in [2.05, 4.69) is 0 Å². The van der Waals surface area contributed by atoms with E-state index in [1.165, 1.54) is 30.3 Å². The predicted octanol–water partition coefficient (Wildman–Crippen LogP) is 4.44. The number of rotatable bonds is 4. The van der Waals surface area contributed by atoms with Crippen LogP contribution >= 0.6 is 0 Å². The van der Waals surface area contributed by atoms with Crippen LogP contribution in [0.5, 0.6) is 5.75 Å². The molecule has 0 aliphatic heterocycles. The zero-order valence-corrected chi connectivity index (χ0v) is 12.9. The Bertz CT molecular complexity index is 710. The Hall–Kier alpha value is -2.15. The highest BCUT2D eigenvalue weighted by Crippen LogP contribution is 2.53. The van der Waals surface area contributed by atoms with Crippen molar-refractivity contribution >= 4 is 0 Å². The quantitative estimate of drug-likeness (QED) is 0.830. The summed E-state index contributed by atoms with van der Waals surface area (Å²) in [5.74, 6) is -5.71. The highest BCUT2D eigenvalue weighted by atomic mass is 19.4. The van der Waals surface area contributed by atoms with Gasteiger partial charge in [-0.15, -0.1) is 0 Å². The van der Waals surface area contributed by atoms with Crippen LogP contribution in [0.15, 0.2) is 48.5 Å². The predicted molar refractivity (Wildman–Crippen MR) is 78.2 cm³/mol. The molecular weight excluding hydrogens is 331 g/mol. The third-order valence-electron chi connectivity index (χ3n) is 3.78. The van der Waals surface area contributed by atoms with Gasteiger partial charge in [-0.05, 0) is 18.6 Å². The molecule has 0 saturated heterocycles. The summed E-state index contributed by atoms with van der Waals surface area (Å²) in [7, 11) is 1.13. The zero-order chi connectivity index (χ0) is 18.2. The van der Waals surface area contributed by atoms with Gasteiger partial charge in [-0.2, -0.15) is 22.0 Å². The van der Waals surface area contributed by atoms with Crippen molar-refractivity contribution in [3.63, 3.8) is 0 Å². The van der Waals surface area contributed by atoms with Crippen molar-refractivity contribution in [2.24, 2.45) is 0 Å². The highest BCUT2D eigenvalue weighted by Gasteiger charge is 2.71. The number of hydrogen-bond donors (Lipinski definition) is 1. The van der Waals surface area contributed by atoms with Gasteiger partial charge in [0.1, 0.15) is 5.75 Å². The standard InChI is InChI=1S/C17H15F5O2/c1-11-7-9-12(10-8-11)15(23,16(18,19)17(20,21)22)13-5-3-4-6-14(13)24-2/h3-10,23H,1-2H3. The maximum absolute atomic E-state index is 14.3. The number of methoxy groups -OCH3 is 1. The summed E-state index contributed by atoms with van der Waals surface area (Å²) in [6, 6.07) is 9.64. The molecule has 2 aromatic rings. The molecule has 1 unspecified atom stereocenters. The van der Waals surface area contributed by atoms with E-state index < -0.39 is 28.8 Å². The molecule has 0 amide bonds. The molecule has 0 heterocycles. The first kappa shape index (κ1) is 18.2. The van der Waals surface area contributed by atoms with Gasteiger partial charge < -0.3 is 9.84 Å². The van der Waals surface area contributed by atoms with Gasteiger partial charge in [-0.3, -0.25) is 0 Å². The Kier molecular flexibility index (Phi) is 4.59. The third-order valence-corrected chi connectivity index (χ3v) is 3.78. The van der Waals surface area contributed by atoms with Crippen LogP contribution in [0.1, 0.15) is 16.7 Å². The molecule has 0 bridgehead atoms. The maximum Gasteiger partial charge on any atom is 0.457 e. The van der Waals surface area contributed by atoms with Crippen molar-refractivity contribution in [1.29, 1.82) is 0 Å². The minimum Gasteiger partial charge on any atom is -0.496 e. The fourth-order valence-electron chi connectivity index (χ4n) is 2.45. The molecule has 2 aromatic carbocycles. The average Bonchev–Trinajstić information content (AvgIpc) is 2.53. The van der Waals surface area contributed by atoms with Crippen LogP contribution in [-0.2, 0) is 5.60 Å². The molecular formula is C17H15F5O2. The van der Waals surface area contributed by atoms with Crippen LogP contribution in [0.25, 0.3) is 0 Å². The van der Waals surface area contributed by atoms with Gasteiger partial charge in [0.2, 0.25) is 0 Å². The van der Waals surface area contributed by atoms with Crippen LogP contribution in [-0.4, -0.2) is 24.3 Å². The van der Waals surface area contributed by atoms with E-state index in [4.69, 9.17) is 4.74 Å². The second-order valence-electron chi connectivity index (χ2n) is 5.35. The molecule has 0 radical (unpaired) electrons. The normalized spacial score (nSPS) is 15.0. The van der Waals surface area contributed by atoms with E-state index in [9.17, 15) is 27.1 Å². The Morgan fingerprint density at radius 3 is 1.92 bits per heavy atom. The summed E-state index contributed by atoms with van der Waals surface area (Å²) in [6.07, 6.45) is -5.96. The fraction of sp³-hybridized carbons (Fsp3) is 0.294. The highest BCUT2D eigenvalue weighted by molar-refractivity contribution is 5.47. The lowest BCUT2D eigenvalue weighted by atomic mass is 9.79. The second kappa shape index (κ2) is 6.05. The number of alkyl halides is 5. The minimum absolute atomic E-state index is 0.274. The van der Waals surface area contributed by atoms with Gasteiger partial charge in [0.05, 0.1) is 7.11 Å². The Labute approximate surface area is 135 Å². The molecule has 0 aromatic heterocycles. The zero-order valence-electron chi connectivity index (χ0n) is 12.9. The van der Waals surface area contributed by atoms with E-state index in [1.54, 1.807) is 6.92 Å². The molecule has 2 rings (SSSR count). The Balaban J connectivity index is 2.82. The first-order chi connectivity index (χ1) is 11.1. The molecule has 0 saturated carbocycles. The summed E-state index contributed by atoms with van der Waals surface area (Å²) in [6.45, 7) is 1.65. The largest absolute Gasteiger partial charge is 0.496 e. The number of aliphatic hydroxyl groups is 1. The number of halogens is 5. The number of ether oxygens (including phenoxy) is 1. The van der Waals surface area contributed by atoms with Crippen molar-refractivity contribution in [2.75, 3.05) is 7.11 Å². The van der Waals surface area contributed by atoms with Gasteiger partial charge in [-0.1, -0.05) is 48.0 Å². The molecule has 1 N–H and O–H groups in total. The second-order valence-corrected chi connectivity index (χ2v) is 5.35. The van der Waals surface area contributed by atoms with Gasteiger partial charge in [0, 0.05) is 5.56 Å². The molecule has 7 heteroatoms. The fourth-order valence-corrected chi connectivity index (χ4v) is 2.45. The lowest BCUT2D eigenvalue weighted by molar-refractivity contribution is -0.336. The summed E-state index contributed by atoms with van der Waals surface area (Å²) in [5, 5.41) is 10.7. The van der Waals surface area contributed by atoms with Crippen molar-refractivity contribution in [2.45, 2.75) is 24.6 Å². The number of aryl methyl sites for hydroxylation is 1. The van der Waals surface area contributed by atoms with Crippen LogP contribution < -0.4 is 4.74 Å². The number of para-hydroxylation sites is 1. The molecule has 0 aliphatic carbocycles. The Morgan fingerprint density at radius 1 is 0.875 bits per heavy atom. The molecule has 0 fully saturated rings. The molecule has 0 spiro atoms. The Morgan fingerprint density at radius 2 is 1.42 bits per heavy atom. The van der Waals surface area contributed by atoms with Crippen LogP contribution in [0.3, 0.4) is 0 Å². The minimum atomic E-state index is -5.96. The van der Waals surface area contributed by atoms with Gasteiger partial charge in [-0.25, -0.2) is 0 Å². The van der Waals surface area contributed by atoms with Gasteiger partial charge >= 0.3 is 12.1 Å². The summed E-state index contributed by atoms with van der Waals surface area (Å²) in [4.78, 5) is 0. The lowest BCUT2D eigenvalue weighted by Crippen LogP contribution is -2.55. The van der Waals surface area contributed by atoms with E-state index in [0.29, 0.717) is 5.56 Å². The van der Waals surface area contributed by atoms with Crippen LogP contribution in [0.2, 0.25) is 0 Å². The summed E-state index contributed by atoms with van der Waals surface area (Å²) in [5.41, 5.74) is -4.24. The van der Waals surface area contributed by atoms with Crippen LogP contribution in [0.4, 0.5) is 22.0 Å². The van der Waals surface area contributed by atoms with E-state index in [1.807, 2.05) is 0 Å². The lowest BCUT2D eigenvalue weighted by Gasteiger charge is -2.38. The SMILES string of the molecule is COc1ccccc1C(O)(c1ccc(C)cc1)C(F)(F)C(F)(F)F. The van der Waals surface area contributed by atoms with Crippen molar-refractivity contribution < 1.29 is 31.8 Å².